The first-order valence-corrected chi connectivity index (χ1v) is 8.33. The van der Waals surface area contributed by atoms with Crippen LogP contribution in [0.3, 0.4) is 0 Å². The smallest absolute Gasteiger partial charge is 0.251 e. The highest BCUT2D eigenvalue weighted by Crippen LogP contribution is 2.22. The van der Waals surface area contributed by atoms with Crippen molar-refractivity contribution < 1.29 is 9.59 Å². The van der Waals surface area contributed by atoms with Crippen LogP contribution in [0, 0.1) is 0 Å². The molecule has 0 unspecified atom stereocenters. The Balaban J connectivity index is 1.72. The van der Waals surface area contributed by atoms with Gasteiger partial charge in [0.05, 0.1) is 16.5 Å². The molecule has 2 amide bonds. The summed E-state index contributed by atoms with van der Waals surface area (Å²) >= 11 is 17.5. The topological polar surface area (TPSA) is 58.2 Å². The molecule has 0 aliphatic carbocycles. The maximum Gasteiger partial charge on any atom is 0.251 e. The monoisotopic (exact) mass is 384 g/mol. The zero-order valence-electron chi connectivity index (χ0n) is 12.6. The summed E-state index contributed by atoms with van der Waals surface area (Å²) < 4.78 is 0. The molecule has 0 aliphatic heterocycles. The Morgan fingerprint density at radius 2 is 1.50 bits per heavy atom. The van der Waals surface area contributed by atoms with Gasteiger partial charge in [-0.3, -0.25) is 9.59 Å². The van der Waals surface area contributed by atoms with E-state index in [1.165, 1.54) is 6.07 Å². The maximum atomic E-state index is 11.9. The van der Waals surface area contributed by atoms with Crippen molar-refractivity contribution in [3.05, 3.63) is 68.7 Å². The van der Waals surface area contributed by atoms with Gasteiger partial charge in [0.2, 0.25) is 5.91 Å². The van der Waals surface area contributed by atoms with Crippen molar-refractivity contribution in [2.24, 2.45) is 0 Å². The molecule has 0 saturated carbocycles. The molecule has 2 aromatic rings. The number of nitrogens with one attached hydrogen (secondary N) is 2. The van der Waals surface area contributed by atoms with Crippen LogP contribution in [0.25, 0.3) is 0 Å². The highest BCUT2D eigenvalue weighted by molar-refractivity contribution is 6.42. The van der Waals surface area contributed by atoms with Crippen molar-refractivity contribution in [3.8, 4) is 0 Å². The van der Waals surface area contributed by atoms with Gasteiger partial charge in [-0.15, -0.1) is 0 Å². The number of benzene rings is 2. The van der Waals surface area contributed by atoms with E-state index in [9.17, 15) is 9.59 Å². The summed E-state index contributed by atoms with van der Waals surface area (Å²) in [7, 11) is 0. The van der Waals surface area contributed by atoms with Gasteiger partial charge in [0.25, 0.3) is 5.91 Å². The lowest BCUT2D eigenvalue weighted by Gasteiger charge is -2.08. The molecule has 2 rings (SSSR count). The van der Waals surface area contributed by atoms with E-state index in [-0.39, 0.29) is 18.2 Å². The van der Waals surface area contributed by atoms with Gasteiger partial charge in [-0.05, 0) is 35.9 Å². The normalized spacial score (nSPS) is 10.3. The number of rotatable bonds is 6. The molecule has 126 valence electrons. The van der Waals surface area contributed by atoms with Crippen LogP contribution in [0.2, 0.25) is 15.1 Å². The lowest BCUT2D eigenvalue weighted by molar-refractivity contribution is -0.120. The maximum absolute atomic E-state index is 11.9. The second kappa shape index (κ2) is 8.92. The molecule has 0 fully saturated rings. The Bertz CT molecular complexity index is 733. The van der Waals surface area contributed by atoms with Gasteiger partial charge in [-0.25, -0.2) is 0 Å². The molecule has 0 radical (unpaired) electrons. The third kappa shape index (κ3) is 5.71. The van der Waals surface area contributed by atoms with E-state index in [0.29, 0.717) is 33.7 Å². The molecule has 2 N–H and O–H groups in total. The number of carbonyl (C=O) groups is 2. The van der Waals surface area contributed by atoms with Crippen LogP contribution in [-0.2, 0) is 11.2 Å². The van der Waals surface area contributed by atoms with Gasteiger partial charge in [0, 0.05) is 23.7 Å². The molecule has 0 aromatic heterocycles. The SMILES string of the molecule is O=C(Cc1ccc(Cl)cc1)NCCNC(=O)c1ccc(Cl)c(Cl)c1. The number of carbonyl (C=O) groups excluding carboxylic acids is 2. The summed E-state index contributed by atoms with van der Waals surface area (Å²) in [6.07, 6.45) is 0.262. The van der Waals surface area contributed by atoms with Crippen LogP contribution in [0.15, 0.2) is 42.5 Å². The Morgan fingerprint density at radius 3 is 2.17 bits per heavy atom. The summed E-state index contributed by atoms with van der Waals surface area (Å²) in [6.45, 7) is 0.644. The van der Waals surface area contributed by atoms with Gasteiger partial charge in [-0.2, -0.15) is 0 Å². The van der Waals surface area contributed by atoms with E-state index in [0.717, 1.165) is 5.56 Å². The second-order valence-electron chi connectivity index (χ2n) is 5.04. The number of halogens is 3. The van der Waals surface area contributed by atoms with Crippen LogP contribution in [0.5, 0.6) is 0 Å². The van der Waals surface area contributed by atoms with E-state index in [1.807, 2.05) is 0 Å². The first-order chi connectivity index (χ1) is 11.5. The Labute approximate surface area is 155 Å². The third-order valence-corrected chi connectivity index (χ3v) is 4.18. The molecule has 0 heterocycles. The van der Waals surface area contributed by atoms with E-state index in [1.54, 1.807) is 36.4 Å². The molecule has 24 heavy (non-hydrogen) atoms. The molecular formula is C17H15Cl3N2O2. The Hall–Kier alpha value is -1.75. The summed E-state index contributed by atoms with van der Waals surface area (Å²) in [6, 6.07) is 11.7. The van der Waals surface area contributed by atoms with Gasteiger partial charge in [0.1, 0.15) is 0 Å². The molecule has 4 nitrogen and oxygen atoms in total. The predicted molar refractivity (Wildman–Crippen MR) is 97.0 cm³/mol. The Morgan fingerprint density at radius 1 is 0.833 bits per heavy atom. The van der Waals surface area contributed by atoms with Crippen molar-refractivity contribution >= 4 is 46.6 Å². The fraction of sp³-hybridized carbons (Fsp3) is 0.176. The van der Waals surface area contributed by atoms with E-state index < -0.39 is 0 Å². The number of hydrogen-bond donors (Lipinski definition) is 2. The van der Waals surface area contributed by atoms with Crippen LogP contribution >= 0.6 is 34.8 Å². The minimum absolute atomic E-state index is 0.124. The lowest BCUT2D eigenvalue weighted by Crippen LogP contribution is -2.35. The van der Waals surface area contributed by atoms with E-state index in [4.69, 9.17) is 34.8 Å². The van der Waals surface area contributed by atoms with Gasteiger partial charge < -0.3 is 10.6 Å². The number of hydrogen-bond acceptors (Lipinski definition) is 2. The van der Waals surface area contributed by atoms with Crippen molar-refractivity contribution in [2.75, 3.05) is 13.1 Å². The molecule has 0 aliphatic rings. The van der Waals surface area contributed by atoms with Crippen LogP contribution in [-0.4, -0.2) is 24.9 Å². The predicted octanol–water partition coefficient (Wildman–Crippen LogP) is 3.74. The molecule has 7 heteroatoms. The Kier molecular flexibility index (Phi) is 6.91. The first kappa shape index (κ1) is 18.6. The quantitative estimate of drug-likeness (QED) is 0.744. The third-order valence-electron chi connectivity index (χ3n) is 3.19. The molecule has 0 atom stereocenters. The molecule has 0 saturated heterocycles. The van der Waals surface area contributed by atoms with Gasteiger partial charge in [0.15, 0.2) is 0 Å². The van der Waals surface area contributed by atoms with E-state index >= 15 is 0 Å². The van der Waals surface area contributed by atoms with Crippen molar-refractivity contribution in [3.63, 3.8) is 0 Å². The lowest BCUT2D eigenvalue weighted by atomic mass is 10.1. The minimum atomic E-state index is -0.277. The van der Waals surface area contributed by atoms with Crippen LogP contribution in [0.1, 0.15) is 15.9 Å². The molecular weight excluding hydrogens is 371 g/mol. The van der Waals surface area contributed by atoms with Crippen molar-refractivity contribution in [2.45, 2.75) is 6.42 Å². The average molecular weight is 386 g/mol. The zero-order chi connectivity index (χ0) is 17.5. The standard InChI is InChI=1S/C17H15Cl3N2O2/c18-13-4-1-11(2-5-13)9-16(23)21-7-8-22-17(24)12-3-6-14(19)15(20)10-12/h1-6,10H,7-9H2,(H,21,23)(H,22,24). The number of amides is 2. The summed E-state index contributed by atoms with van der Waals surface area (Å²) in [5, 5.41) is 6.78. The van der Waals surface area contributed by atoms with Gasteiger partial charge in [-0.1, -0.05) is 46.9 Å². The molecule has 0 spiro atoms. The van der Waals surface area contributed by atoms with Crippen LogP contribution < -0.4 is 10.6 Å². The van der Waals surface area contributed by atoms with E-state index in [2.05, 4.69) is 10.6 Å². The first-order valence-electron chi connectivity index (χ1n) is 7.20. The zero-order valence-corrected chi connectivity index (χ0v) is 14.9. The van der Waals surface area contributed by atoms with Crippen molar-refractivity contribution in [1.82, 2.24) is 10.6 Å². The minimum Gasteiger partial charge on any atom is -0.354 e. The fourth-order valence-corrected chi connectivity index (χ4v) is 2.39. The summed E-state index contributed by atoms with van der Waals surface area (Å²) in [5.74, 6) is -0.401. The fourth-order valence-electron chi connectivity index (χ4n) is 1.97. The average Bonchev–Trinajstić information content (AvgIpc) is 2.56. The summed E-state index contributed by atoms with van der Waals surface area (Å²) in [4.78, 5) is 23.7. The molecule has 2 aromatic carbocycles. The van der Waals surface area contributed by atoms with Crippen molar-refractivity contribution in [1.29, 1.82) is 0 Å². The molecule has 0 bridgehead atoms. The highest BCUT2D eigenvalue weighted by Gasteiger charge is 2.08. The second-order valence-corrected chi connectivity index (χ2v) is 6.29. The highest BCUT2D eigenvalue weighted by atomic mass is 35.5. The summed E-state index contributed by atoms with van der Waals surface area (Å²) in [5.41, 5.74) is 1.29. The largest absolute Gasteiger partial charge is 0.354 e. The van der Waals surface area contributed by atoms with Crippen LogP contribution in [0.4, 0.5) is 0 Å². The van der Waals surface area contributed by atoms with Gasteiger partial charge >= 0.3 is 0 Å².